The number of hydrogen-bond donors (Lipinski definition) is 1. The second-order valence-corrected chi connectivity index (χ2v) is 12.9. The van der Waals surface area contributed by atoms with E-state index in [9.17, 15) is 0 Å². The molecule has 1 N–H and O–H groups in total. The first-order valence-electron chi connectivity index (χ1n) is 16.0. The van der Waals surface area contributed by atoms with Gasteiger partial charge in [0.25, 0.3) is 0 Å². The molecule has 5 heteroatoms. The van der Waals surface area contributed by atoms with Crippen molar-refractivity contribution < 1.29 is 4.42 Å². The minimum Gasteiger partial charge on any atom is -0.455 e. The molecule has 8 aromatic rings. The Morgan fingerprint density at radius 2 is 1.34 bits per heavy atom. The van der Waals surface area contributed by atoms with Crippen molar-refractivity contribution in [3.63, 3.8) is 0 Å². The third-order valence-corrected chi connectivity index (χ3v) is 9.94. The number of hydrogen-bond acceptors (Lipinski definition) is 3. The fraction of sp³-hybridized carbons (Fsp3) is 0.0714. The van der Waals surface area contributed by atoms with E-state index in [1.54, 1.807) is 0 Å². The zero-order valence-electron chi connectivity index (χ0n) is 26.0. The summed E-state index contributed by atoms with van der Waals surface area (Å²) in [6.45, 7) is 4.66. The predicted molar refractivity (Wildman–Crippen MR) is 193 cm³/mol. The molecule has 0 bridgehead atoms. The molecule has 0 fully saturated rings. The number of aliphatic imine (C=N–C) groups is 1. The van der Waals surface area contributed by atoms with E-state index in [4.69, 9.17) is 14.1 Å². The number of aromatic nitrogens is 1. The lowest BCUT2D eigenvalue weighted by Crippen LogP contribution is -2.41. The van der Waals surface area contributed by atoms with Crippen LogP contribution in [0.3, 0.4) is 0 Å². The molecule has 0 atom stereocenters. The van der Waals surface area contributed by atoms with Crippen molar-refractivity contribution in [1.82, 2.24) is 14.6 Å². The van der Waals surface area contributed by atoms with Crippen LogP contribution in [0.2, 0.25) is 0 Å². The van der Waals surface area contributed by atoms with Gasteiger partial charge in [-0.25, -0.2) is 9.98 Å². The van der Waals surface area contributed by atoms with Crippen molar-refractivity contribution in [2.45, 2.75) is 19.3 Å². The number of benzene rings is 6. The van der Waals surface area contributed by atoms with Gasteiger partial charge in [0, 0.05) is 27.0 Å². The summed E-state index contributed by atoms with van der Waals surface area (Å²) in [6, 6.07) is 46.8. The van der Waals surface area contributed by atoms with Crippen LogP contribution < -0.4 is 9.98 Å². The van der Waals surface area contributed by atoms with Gasteiger partial charge in [0.2, 0.25) is 0 Å². The van der Waals surface area contributed by atoms with E-state index in [1.807, 2.05) is 36.4 Å². The summed E-state index contributed by atoms with van der Waals surface area (Å²) in [5.74, 6) is 2.02. The van der Waals surface area contributed by atoms with Crippen molar-refractivity contribution in [3.05, 3.63) is 156 Å². The van der Waals surface area contributed by atoms with Crippen molar-refractivity contribution in [3.8, 4) is 11.1 Å². The van der Waals surface area contributed by atoms with Gasteiger partial charge < -0.3 is 4.42 Å². The second-order valence-electron chi connectivity index (χ2n) is 12.9. The number of nitrogens with zero attached hydrogens (tertiary/aromatic N) is 3. The first kappa shape index (κ1) is 26.1. The molecule has 3 heterocycles. The molecule has 47 heavy (non-hydrogen) atoms. The fourth-order valence-electron chi connectivity index (χ4n) is 7.67. The molecule has 0 amide bonds. The van der Waals surface area contributed by atoms with Crippen molar-refractivity contribution in [1.29, 1.82) is 0 Å². The largest absolute Gasteiger partial charge is 0.455 e. The Balaban J connectivity index is 1.26. The minimum absolute atomic E-state index is 0.0940. The molecule has 0 saturated carbocycles. The van der Waals surface area contributed by atoms with E-state index in [-0.39, 0.29) is 5.41 Å². The highest BCUT2D eigenvalue weighted by Gasteiger charge is 2.37. The smallest absolute Gasteiger partial charge is 0.365 e. The lowest BCUT2D eigenvalue weighted by molar-refractivity contribution is 0.661. The first-order valence-corrected chi connectivity index (χ1v) is 16.0. The number of rotatable bonds is 2. The number of fused-ring (bicyclic) bond motifs is 9. The van der Waals surface area contributed by atoms with Crippen molar-refractivity contribution >= 4 is 61.4 Å². The average molecular weight is 606 g/mol. The van der Waals surface area contributed by atoms with Crippen LogP contribution in [-0.2, 0) is 5.41 Å². The highest BCUT2D eigenvalue weighted by Crippen LogP contribution is 2.50. The highest BCUT2D eigenvalue weighted by molar-refractivity contribution is 6.25. The Kier molecular flexibility index (Phi) is 5.23. The number of para-hydroxylation sites is 3. The average Bonchev–Trinajstić information content (AvgIpc) is 3.73. The molecule has 2 aliphatic rings. The Morgan fingerprint density at radius 1 is 0.617 bits per heavy atom. The predicted octanol–water partition coefficient (Wildman–Crippen LogP) is 8.77. The molecular weight excluding hydrogens is 576 g/mol. The van der Waals surface area contributed by atoms with Crippen LogP contribution in [0.25, 0.3) is 54.9 Å². The van der Waals surface area contributed by atoms with Crippen LogP contribution >= 0.6 is 0 Å². The quantitative estimate of drug-likeness (QED) is 0.200. The molecule has 5 nitrogen and oxygen atoms in total. The summed E-state index contributed by atoms with van der Waals surface area (Å²) in [5.41, 5.74) is 10.8. The first-order chi connectivity index (χ1) is 23.1. The van der Waals surface area contributed by atoms with Crippen LogP contribution in [-0.4, -0.2) is 22.2 Å². The van der Waals surface area contributed by atoms with Gasteiger partial charge in [0.15, 0.2) is 5.58 Å². The maximum Gasteiger partial charge on any atom is 0.365 e. The van der Waals surface area contributed by atoms with Crippen LogP contribution in [0.1, 0.15) is 36.1 Å². The standard InChI is InChI=1S/C42H28N4O/c1-42(2)33-20-9-6-15-26(33)31-24-36-32(23-34(31)42)27-16-7-10-21-35(27)46(36)41-44-39(25-13-4-3-5-14-25)43-40(45-41)30-19-12-18-29-28-17-8-11-22-37(28)47-38(29)30/h3-24H,1-2H3/p+1. The van der Waals surface area contributed by atoms with Gasteiger partial charge in [-0.1, -0.05) is 105 Å². The van der Waals surface area contributed by atoms with E-state index < -0.39 is 0 Å². The molecule has 0 radical (unpaired) electrons. The molecule has 222 valence electrons. The molecule has 1 aliphatic heterocycles. The van der Waals surface area contributed by atoms with E-state index in [0.717, 1.165) is 49.9 Å². The van der Waals surface area contributed by atoms with Gasteiger partial charge in [-0.2, -0.15) is 0 Å². The lowest BCUT2D eigenvalue weighted by atomic mass is 9.82. The maximum absolute atomic E-state index is 6.46. The third kappa shape index (κ3) is 3.66. The Hall–Kier alpha value is -6.16. The van der Waals surface area contributed by atoms with Crippen LogP contribution in [0.5, 0.6) is 0 Å². The van der Waals surface area contributed by atoms with Gasteiger partial charge in [-0.05, 0) is 69.7 Å². The fourth-order valence-corrected chi connectivity index (χ4v) is 7.67. The number of nitrogens with one attached hydrogen (secondary N) is 1. The molecule has 2 aromatic heterocycles. The zero-order valence-corrected chi connectivity index (χ0v) is 26.0. The SMILES string of the molecule is CC1(C)c2ccccc2-c2cc3c(cc21)c1ccccc1n3C1=NC(c2cccc3c2oc2ccccc23)=[N+]=C(c2ccccc2)N1. The molecule has 10 rings (SSSR count). The van der Waals surface area contributed by atoms with Crippen molar-refractivity contribution in [2.24, 2.45) is 4.99 Å². The zero-order chi connectivity index (χ0) is 31.3. The van der Waals surface area contributed by atoms with Gasteiger partial charge in [0.05, 0.1) is 16.6 Å². The third-order valence-electron chi connectivity index (χ3n) is 9.94. The van der Waals surface area contributed by atoms with E-state index in [0.29, 0.717) is 11.8 Å². The lowest BCUT2D eigenvalue weighted by Gasteiger charge is -2.21. The van der Waals surface area contributed by atoms with Crippen LogP contribution in [0, 0.1) is 0 Å². The summed E-state index contributed by atoms with van der Waals surface area (Å²) in [7, 11) is 0. The number of amidine groups is 2. The minimum atomic E-state index is -0.0940. The summed E-state index contributed by atoms with van der Waals surface area (Å²) < 4.78 is 13.9. The molecule has 0 unspecified atom stereocenters. The Bertz CT molecular complexity index is 2720. The van der Waals surface area contributed by atoms with E-state index in [2.05, 4.69) is 121 Å². The van der Waals surface area contributed by atoms with E-state index >= 15 is 0 Å². The van der Waals surface area contributed by atoms with Gasteiger partial charge in [0.1, 0.15) is 11.1 Å². The highest BCUT2D eigenvalue weighted by atomic mass is 16.3. The van der Waals surface area contributed by atoms with E-state index in [1.165, 1.54) is 33.0 Å². The molecule has 1 aliphatic carbocycles. The summed E-state index contributed by atoms with van der Waals surface area (Å²) in [4.78, 5) is 5.29. The maximum atomic E-state index is 6.46. The Morgan fingerprint density at radius 3 is 2.23 bits per heavy atom. The molecule has 0 spiro atoms. The van der Waals surface area contributed by atoms with Gasteiger partial charge in [-0.15, -0.1) is 0 Å². The van der Waals surface area contributed by atoms with Gasteiger partial charge >= 0.3 is 17.6 Å². The van der Waals surface area contributed by atoms with Crippen molar-refractivity contribution in [2.75, 3.05) is 0 Å². The summed E-state index contributed by atoms with van der Waals surface area (Å²) in [5, 5.41) is 8.16. The summed E-state index contributed by atoms with van der Waals surface area (Å²) in [6.07, 6.45) is 0. The Labute approximate surface area is 270 Å². The normalized spacial score (nSPS) is 15.0. The molecular formula is C42H29N4O+. The van der Waals surface area contributed by atoms with Crippen LogP contribution in [0.4, 0.5) is 0 Å². The van der Waals surface area contributed by atoms with Crippen LogP contribution in [0.15, 0.2) is 143 Å². The second kappa shape index (κ2) is 9.43. The molecule has 0 saturated heterocycles. The number of furan rings is 1. The summed E-state index contributed by atoms with van der Waals surface area (Å²) >= 11 is 0. The topological polar surface area (TPSA) is 56.6 Å². The molecule has 6 aromatic carbocycles. The van der Waals surface area contributed by atoms with Gasteiger partial charge in [-0.3, -0.25) is 4.57 Å². The monoisotopic (exact) mass is 605 g/mol.